The summed E-state index contributed by atoms with van der Waals surface area (Å²) in [7, 11) is -3.63. The van der Waals surface area contributed by atoms with Crippen molar-refractivity contribution in [2.75, 3.05) is 45.8 Å². The van der Waals surface area contributed by atoms with Gasteiger partial charge in [0.2, 0.25) is 15.9 Å². The zero-order valence-electron chi connectivity index (χ0n) is 14.2. The Morgan fingerprint density at radius 3 is 2.16 bits per heavy atom. The first-order valence-electron chi connectivity index (χ1n) is 8.73. The molecule has 0 aliphatic carbocycles. The highest BCUT2D eigenvalue weighted by molar-refractivity contribution is 7.89. The minimum absolute atomic E-state index is 0.0858. The van der Waals surface area contributed by atoms with Crippen LogP contribution in [0.15, 0.2) is 29.2 Å². The standard InChI is InChI=1S/C17H24FN3O3S/c18-15-3-5-16(6-4-15)25(23,24)21-13-11-20(12-14-21)17(22)7-10-19-8-1-2-9-19/h3-6H,1-2,7-14H2. The summed E-state index contributed by atoms with van der Waals surface area (Å²) < 4.78 is 39.5. The zero-order valence-corrected chi connectivity index (χ0v) is 15.0. The van der Waals surface area contributed by atoms with Crippen molar-refractivity contribution < 1.29 is 17.6 Å². The van der Waals surface area contributed by atoms with Crippen LogP contribution in [0.25, 0.3) is 0 Å². The van der Waals surface area contributed by atoms with E-state index in [-0.39, 0.29) is 23.9 Å². The summed E-state index contributed by atoms with van der Waals surface area (Å²) in [6, 6.07) is 4.84. The fourth-order valence-electron chi connectivity index (χ4n) is 3.35. The Labute approximate surface area is 148 Å². The van der Waals surface area contributed by atoms with Gasteiger partial charge in [-0.05, 0) is 50.2 Å². The highest BCUT2D eigenvalue weighted by Gasteiger charge is 2.30. The maximum absolute atomic E-state index is 13.0. The van der Waals surface area contributed by atoms with Crippen LogP contribution < -0.4 is 0 Å². The number of likely N-dealkylation sites (tertiary alicyclic amines) is 1. The van der Waals surface area contributed by atoms with Gasteiger partial charge in [0.15, 0.2) is 0 Å². The number of hydrogen-bond donors (Lipinski definition) is 0. The molecule has 0 atom stereocenters. The summed E-state index contributed by atoms with van der Waals surface area (Å²) >= 11 is 0. The summed E-state index contributed by atoms with van der Waals surface area (Å²) in [5, 5.41) is 0. The number of rotatable bonds is 5. The normalized spacial score (nSPS) is 20.1. The molecule has 0 N–H and O–H groups in total. The van der Waals surface area contributed by atoms with Gasteiger partial charge >= 0.3 is 0 Å². The minimum Gasteiger partial charge on any atom is -0.340 e. The maximum atomic E-state index is 13.0. The molecule has 1 amide bonds. The lowest BCUT2D eigenvalue weighted by Gasteiger charge is -2.34. The van der Waals surface area contributed by atoms with Crippen molar-refractivity contribution in [1.82, 2.24) is 14.1 Å². The van der Waals surface area contributed by atoms with Gasteiger partial charge in [-0.3, -0.25) is 4.79 Å². The minimum atomic E-state index is -3.63. The van der Waals surface area contributed by atoms with Crippen LogP contribution >= 0.6 is 0 Å². The van der Waals surface area contributed by atoms with Crippen LogP contribution in [0.2, 0.25) is 0 Å². The third kappa shape index (κ3) is 4.37. The van der Waals surface area contributed by atoms with E-state index in [0.717, 1.165) is 31.8 Å². The highest BCUT2D eigenvalue weighted by atomic mass is 32.2. The van der Waals surface area contributed by atoms with Gasteiger partial charge in [0.1, 0.15) is 5.82 Å². The summed E-state index contributed by atoms with van der Waals surface area (Å²) in [6.07, 6.45) is 2.90. The first-order chi connectivity index (χ1) is 12.0. The van der Waals surface area contributed by atoms with Crippen LogP contribution in [0, 0.1) is 5.82 Å². The first kappa shape index (κ1) is 18.3. The summed E-state index contributed by atoms with van der Waals surface area (Å²) in [6.45, 7) is 4.27. The summed E-state index contributed by atoms with van der Waals surface area (Å²) in [4.78, 5) is 16.4. The third-order valence-electron chi connectivity index (χ3n) is 4.88. The lowest BCUT2D eigenvalue weighted by atomic mass is 10.3. The van der Waals surface area contributed by atoms with Crippen molar-refractivity contribution in [2.24, 2.45) is 0 Å². The van der Waals surface area contributed by atoms with Crippen molar-refractivity contribution in [1.29, 1.82) is 0 Å². The quantitative estimate of drug-likeness (QED) is 0.781. The first-order valence-corrected chi connectivity index (χ1v) is 10.2. The molecule has 3 rings (SSSR count). The van der Waals surface area contributed by atoms with E-state index in [1.807, 2.05) is 0 Å². The van der Waals surface area contributed by atoms with Gasteiger partial charge in [-0.1, -0.05) is 0 Å². The Hall–Kier alpha value is -1.51. The molecule has 2 heterocycles. The Kier molecular flexibility index (Phi) is 5.71. The van der Waals surface area contributed by atoms with Crippen LogP contribution in [0.5, 0.6) is 0 Å². The Morgan fingerprint density at radius 1 is 0.960 bits per heavy atom. The largest absolute Gasteiger partial charge is 0.340 e. The maximum Gasteiger partial charge on any atom is 0.243 e. The molecule has 6 nitrogen and oxygen atoms in total. The number of hydrogen-bond acceptors (Lipinski definition) is 4. The molecule has 2 aliphatic rings. The molecule has 1 aromatic carbocycles. The molecule has 138 valence electrons. The van der Waals surface area contributed by atoms with Crippen LogP contribution in [0.1, 0.15) is 19.3 Å². The number of amides is 1. The number of sulfonamides is 1. The Bertz CT molecular complexity index is 694. The van der Waals surface area contributed by atoms with Gasteiger partial charge in [0.05, 0.1) is 4.90 Å². The molecule has 2 fully saturated rings. The monoisotopic (exact) mass is 369 g/mol. The highest BCUT2D eigenvalue weighted by Crippen LogP contribution is 2.18. The molecule has 0 bridgehead atoms. The average Bonchev–Trinajstić information content (AvgIpc) is 3.14. The van der Waals surface area contributed by atoms with E-state index in [2.05, 4.69) is 4.90 Å². The van der Waals surface area contributed by atoms with E-state index in [0.29, 0.717) is 19.5 Å². The molecular weight excluding hydrogens is 345 g/mol. The zero-order chi connectivity index (χ0) is 17.9. The second-order valence-electron chi connectivity index (χ2n) is 6.54. The molecular formula is C17H24FN3O3S. The smallest absolute Gasteiger partial charge is 0.243 e. The van der Waals surface area contributed by atoms with E-state index in [4.69, 9.17) is 0 Å². The summed E-state index contributed by atoms with van der Waals surface area (Å²) in [5.74, 6) is -0.377. The van der Waals surface area contributed by atoms with Crippen LogP contribution in [0.3, 0.4) is 0 Å². The van der Waals surface area contributed by atoms with E-state index in [1.54, 1.807) is 4.90 Å². The number of halogens is 1. The van der Waals surface area contributed by atoms with Gasteiger partial charge < -0.3 is 9.80 Å². The van der Waals surface area contributed by atoms with Gasteiger partial charge in [-0.2, -0.15) is 4.31 Å². The molecule has 0 spiro atoms. The molecule has 0 radical (unpaired) electrons. The SMILES string of the molecule is O=C(CCN1CCCC1)N1CCN(S(=O)(=O)c2ccc(F)cc2)CC1. The van der Waals surface area contributed by atoms with Gasteiger partial charge in [0, 0.05) is 39.1 Å². The Balaban J connectivity index is 1.52. The molecule has 2 aliphatic heterocycles. The van der Waals surface area contributed by atoms with Crippen LogP contribution in [-0.2, 0) is 14.8 Å². The molecule has 0 unspecified atom stereocenters. The third-order valence-corrected chi connectivity index (χ3v) is 6.80. The Morgan fingerprint density at radius 2 is 1.56 bits per heavy atom. The topological polar surface area (TPSA) is 60.9 Å². The van der Waals surface area contributed by atoms with Crippen molar-refractivity contribution in [2.45, 2.75) is 24.2 Å². The number of piperazine rings is 1. The van der Waals surface area contributed by atoms with Gasteiger partial charge in [-0.25, -0.2) is 12.8 Å². The average molecular weight is 369 g/mol. The van der Waals surface area contributed by atoms with Crippen LogP contribution in [-0.4, -0.2) is 74.2 Å². The lowest BCUT2D eigenvalue weighted by molar-refractivity contribution is -0.132. The number of nitrogens with zero attached hydrogens (tertiary/aromatic N) is 3. The van der Waals surface area contributed by atoms with E-state index in [1.165, 1.54) is 29.3 Å². The van der Waals surface area contributed by atoms with E-state index >= 15 is 0 Å². The summed E-state index contributed by atoms with van der Waals surface area (Å²) in [5.41, 5.74) is 0. The van der Waals surface area contributed by atoms with Crippen molar-refractivity contribution in [3.8, 4) is 0 Å². The van der Waals surface area contributed by atoms with Crippen molar-refractivity contribution in [3.63, 3.8) is 0 Å². The number of carbonyl (C=O) groups is 1. The molecule has 2 saturated heterocycles. The fraction of sp³-hybridized carbons (Fsp3) is 0.588. The molecule has 1 aromatic rings. The van der Waals surface area contributed by atoms with Crippen LogP contribution in [0.4, 0.5) is 4.39 Å². The number of carbonyl (C=O) groups excluding carboxylic acids is 1. The molecule has 8 heteroatoms. The van der Waals surface area contributed by atoms with E-state index < -0.39 is 15.8 Å². The number of benzene rings is 1. The van der Waals surface area contributed by atoms with Crippen molar-refractivity contribution >= 4 is 15.9 Å². The van der Waals surface area contributed by atoms with Crippen molar-refractivity contribution in [3.05, 3.63) is 30.1 Å². The molecule has 0 saturated carbocycles. The van der Waals surface area contributed by atoms with Gasteiger partial charge in [0.25, 0.3) is 0 Å². The second kappa shape index (κ2) is 7.80. The van der Waals surface area contributed by atoms with E-state index in [9.17, 15) is 17.6 Å². The predicted octanol–water partition coefficient (Wildman–Crippen LogP) is 1.14. The predicted molar refractivity (Wildman–Crippen MR) is 92.0 cm³/mol. The fourth-order valence-corrected chi connectivity index (χ4v) is 4.77. The molecule has 0 aromatic heterocycles. The second-order valence-corrected chi connectivity index (χ2v) is 8.48. The molecule has 25 heavy (non-hydrogen) atoms. The lowest BCUT2D eigenvalue weighted by Crippen LogP contribution is -2.50. The van der Waals surface area contributed by atoms with Gasteiger partial charge in [-0.15, -0.1) is 0 Å².